The molecule has 1 aliphatic carbocycles. The SMILES string of the molecule is C[C@H]1CCc2c(sc(N)c2C(=O)N2CCOCC2)C1. The predicted molar refractivity (Wildman–Crippen MR) is 76.6 cm³/mol. The van der Waals surface area contributed by atoms with Gasteiger partial charge in [0, 0.05) is 18.0 Å². The van der Waals surface area contributed by atoms with Crippen molar-refractivity contribution in [2.75, 3.05) is 32.0 Å². The van der Waals surface area contributed by atoms with Gasteiger partial charge < -0.3 is 15.4 Å². The van der Waals surface area contributed by atoms with E-state index in [-0.39, 0.29) is 5.91 Å². The fraction of sp³-hybridized carbons (Fsp3) is 0.643. The Morgan fingerprint density at radius 2 is 2.16 bits per heavy atom. The van der Waals surface area contributed by atoms with Crippen molar-refractivity contribution in [1.29, 1.82) is 0 Å². The zero-order valence-electron chi connectivity index (χ0n) is 11.3. The van der Waals surface area contributed by atoms with Gasteiger partial charge >= 0.3 is 0 Å². The Labute approximate surface area is 117 Å². The first-order chi connectivity index (χ1) is 9.16. The first-order valence-electron chi connectivity index (χ1n) is 6.94. The molecule has 5 heteroatoms. The minimum Gasteiger partial charge on any atom is -0.390 e. The highest BCUT2D eigenvalue weighted by Crippen LogP contribution is 2.38. The minimum absolute atomic E-state index is 0.104. The number of nitrogens with two attached hydrogens (primary N) is 1. The van der Waals surface area contributed by atoms with Gasteiger partial charge in [-0.05, 0) is 30.7 Å². The van der Waals surface area contributed by atoms with Crippen LogP contribution in [0.5, 0.6) is 0 Å². The summed E-state index contributed by atoms with van der Waals surface area (Å²) in [6, 6.07) is 0. The highest BCUT2D eigenvalue weighted by Gasteiger charge is 2.29. The number of rotatable bonds is 1. The number of carbonyl (C=O) groups excluding carboxylic acids is 1. The Morgan fingerprint density at radius 3 is 2.89 bits per heavy atom. The second-order valence-corrected chi connectivity index (χ2v) is 6.63. The Kier molecular flexibility index (Phi) is 3.50. The van der Waals surface area contributed by atoms with Gasteiger partial charge in [-0.25, -0.2) is 0 Å². The lowest BCUT2D eigenvalue weighted by atomic mass is 9.88. The van der Waals surface area contributed by atoms with Gasteiger partial charge in [-0.2, -0.15) is 0 Å². The molecule has 1 atom stereocenters. The molecule has 4 nitrogen and oxygen atoms in total. The van der Waals surface area contributed by atoms with Crippen LogP contribution < -0.4 is 5.73 Å². The maximum Gasteiger partial charge on any atom is 0.257 e. The van der Waals surface area contributed by atoms with Gasteiger partial charge in [0.05, 0.1) is 23.8 Å². The van der Waals surface area contributed by atoms with E-state index in [9.17, 15) is 4.79 Å². The summed E-state index contributed by atoms with van der Waals surface area (Å²) in [6.07, 6.45) is 3.22. The van der Waals surface area contributed by atoms with Gasteiger partial charge in [-0.3, -0.25) is 4.79 Å². The quantitative estimate of drug-likeness (QED) is 0.855. The van der Waals surface area contributed by atoms with E-state index in [0.717, 1.165) is 24.8 Å². The molecule has 0 saturated carbocycles. The number of fused-ring (bicyclic) bond motifs is 1. The number of hydrogen-bond acceptors (Lipinski definition) is 4. The van der Waals surface area contributed by atoms with Gasteiger partial charge in [0.1, 0.15) is 0 Å². The number of morpholine rings is 1. The van der Waals surface area contributed by atoms with E-state index in [1.807, 2.05) is 4.90 Å². The summed E-state index contributed by atoms with van der Waals surface area (Å²) in [4.78, 5) is 15.8. The van der Waals surface area contributed by atoms with Gasteiger partial charge in [0.25, 0.3) is 5.91 Å². The molecule has 104 valence electrons. The van der Waals surface area contributed by atoms with Gasteiger partial charge in [-0.15, -0.1) is 11.3 Å². The molecule has 2 aliphatic rings. The highest BCUT2D eigenvalue weighted by molar-refractivity contribution is 7.16. The van der Waals surface area contributed by atoms with Crippen molar-refractivity contribution in [3.8, 4) is 0 Å². The molecule has 0 aromatic carbocycles. The molecule has 3 rings (SSSR count). The molecule has 2 heterocycles. The molecule has 1 aliphatic heterocycles. The molecule has 1 saturated heterocycles. The third-order valence-electron chi connectivity index (χ3n) is 4.05. The first-order valence-corrected chi connectivity index (χ1v) is 7.75. The maximum atomic E-state index is 12.6. The van der Waals surface area contributed by atoms with Crippen molar-refractivity contribution >= 4 is 22.2 Å². The molecule has 1 fully saturated rings. The van der Waals surface area contributed by atoms with E-state index < -0.39 is 0 Å². The number of ether oxygens (including phenoxy) is 1. The first kappa shape index (κ1) is 12.9. The number of nitrogen functional groups attached to an aromatic ring is 1. The van der Waals surface area contributed by atoms with Crippen molar-refractivity contribution in [2.45, 2.75) is 26.2 Å². The normalized spacial score (nSPS) is 23.2. The maximum absolute atomic E-state index is 12.6. The van der Waals surface area contributed by atoms with Crippen LogP contribution in [0.4, 0.5) is 5.00 Å². The highest BCUT2D eigenvalue weighted by atomic mass is 32.1. The van der Waals surface area contributed by atoms with Crippen LogP contribution in [0.3, 0.4) is 0 Å². The van der Waals surface area contributed by atoms with Crippen molar-refractivity contribution in [2.24, 2.45) is 5.92 Å². The predicted octanol–water partition coefficient (Wildman–Crippen LogP) is 1.93. The standard InChI is InChI=1S/C14H20N2O2S/c1-9-2-3-10-11(8-9)19-13(15)12(10)14(17)16-4-6-18-7-5-16/h9H,2-8,15H2,1H3/t9-/m0/s1. The Morgan fingerprint density at radius 1 is 1.42 bits per heavy atom. The zero-order valence-corrected chi connectivity index (χ0v) is 12.1. The van der Waals surface area contributed by atoms with E-state index in [4.69, 9.17) is 10.5 Å². The summed E-state index contributed by atoms with van der Waals surface area (Å²) in [6.45, 7) is 4.89. The second-order valence-electron chi connectivity index (χ2n) is 5.50. The summed E-state index contributed by atoms with van der Waals surface area (Å²) >= 11 is 1.61. The van der Waals surface area contributed by atoms with Crippen molar-refractivity contribution < 1.29 is 9.53 Å². The minimum atomic E-state index is 0.104. The van der Waals surface area contributed by atoms with Crippen LogP contribution in [0.25, 0.3) is 0 Å². The lowest BCUT2D eigenvalue weighted by Crippen LogP contribution is -2.41. The molecule has 1 amide bonds. The molecule has 0 unspecified atom stereocenters. The number of thiophene rings is 1. The van der Waals surface area contributed by atoms with Crippen LogP contribution >= 0.6 is 11.3 Å². The zero-order chi connectivity index (χ0) is 13.4. The Hall–Kier alpha value is -1.07. The fourth-order valence-electron chi connectivity index (χ4n) is 2.93. The number of anilines is 1. The topological polar surface area (TPSA) is 55.6 Å². The number of hydrogen-bond donors (Lipinski definition) is 1. The average molecular weight is 280 g/mol. The third kappa shape index (κ3) is 2.37. The number of nitrogens with zero attached hydrogens (tertiary/aromatic N) is 1. The van der Waals surface area contributed by atoms with Crippen molar-refractivity contribution in [3.63, 3.8) is 0 Å². The van der Waals surface area contributed by atoms with E-state index in [0.29, 0.717) is 37.2 Å². The van der Waals surface area contributed by atoms with Gasteiger partial charge in [-0.1, -0.05) is 6.92 Å². The van der Waals surface area contributed by atoms with E-state index in [1.54, 1.807) is 11.3 Å². The molecule has 1 aromatic rings. The second kappa shape index (κ2) is 5.13. The van der Waals surface area contributed by atoms with Crippen molar-refractivity contribution in [3.05, 3.63) is 16.0 Å². The van der Waals surface area contributed by atoms with E-state index in [2.05, 4.69) is 6.92 Å². The smallest absolute Gasteiger partial charge is 0.257 e. The summed E-state index contributed by atoms with van der Waals surface area (Å²) in [7, 11) is 0. The van der Waals surface area contributed by atoms with Crippen molar-refractivity contribution in [1.82, 2.24) is 4.90 Å². The average Bonchev–Trinajstić information content (AvgIpc) is 2.74. The monoisotopic (exact) mass is 280 g/mol. The summed E-state index contributed by atoms with van der Waals surface area (Å²) in [5.41, 5.74) is 8.12. The van der Waals surface area contributed by atoms with Gasteiger partial charge in [0.2, 0.25) is 0 Å². The summed E-state index contributed by atoms with van der Waals surface area (Å²) in [5.74, 6) is 0.810. The third-order valence-corrected chi connectivity index (χ3v) is 5.13. The van der Waals surface area contributed by atoms with Crippen LogP contribution in [-0.4, -0.2) is 37.1 Å². The molecular formula is C14H20N2O2S. The molecule has 2 N–H and O–H groups in total. The molecule has 1 aromatic heterocycles. The number of carbonyl (C=O) groups is 1. The molecular weight excluding hydrogens is 260 g/mol. The van der Waals surface area contributed by atoms with Crippen LogP contribution in [0.15, 0.2) is 0 Å². The Balaban J connectivity index is 1.90. The van der Waals surface area contributed by atoms with Crippen LogP contribution in [0.2, 0.25) is 0 Å². The lowest BCUT2D eigenvalue weighted by Gasteiger charge is -2.27. The molecule has 0 bridgehead atoms. The molecule has 0 radical (unpaired) electrons. The lowest BCUT2D eigenvalue weighted by molar-refractivity contribution is 0.0303. The summed E-state index contributed by atoms with van der Waals surface area (Å²) < 4.78 is 5.30. The van der Waals surface area contributed by atoms with Gasteiger partial charge in [0.15, 0.2) is 0 Å². The van der Waals surface area contributed by atoms with Crippen LogP contribution in [-0.2, 0) is 17.6 Å². The number of amides is 1. The van der Waals surface area contributed by atoms with E-state index in [1.165, 1.54) is 10.4 Å². The largest absolute Gasteiger partial charge is 0.390 e. The summed E-state index contributed by atoms with van der Waals surface area (Å²) in [5, 5.41) is 0.704. The molecule has 0 spiro atoms. The van der Waals surface area contributed by atoms with Crippen LogP contribution in [0, 0.1) is 5.92 Å². The fourth-order valence-corrected chi connectivity index (χ4v) is 4.20. The molecule has 19 heavy (non-hydrogen) atoms. The van der Waals surface area contributed by atoms with E-state index >= 15 is 0 Å². The van der Waals surface area contributed by atoms with Crippen LogP contribution in [0.1, 0.15) is 34.1 Å². The Bertz CT molecular complexity index is 492.